The molecule has 4 N–H and O–H groups in total. The predicted molar refractivity (Wildman–Crippen MR) is 81.8 cm³/mol. The Labute approximate surface area is 120 Å². The van der Waals surface area contributed by atoms with Crippen LogP contribution in [0, 0.1) is 0 Å². The Morgan fingerprint density at radius 1 is 1.35 bits per heavy atom. The van der Waals surface area contributed by atoms with Gasteiger partial charge in [-0.3, -0.25) is 4.79 Å². The van der Waals surface area contributed by atoms with Gasteiger partial charge in [0.15, 0.2) is 0 Å². The van der Waals surface area contributed by atoms with Gasteiger partial charge in [-0.2, -0.15) is 0 Å². The van der Waals surface area contributed by atoms with Crippen molar-refractivity contribution in [2.24, 2.45) is 5.73 Å². The molecule has 0 spiro atoms. The Balaban J connectivity index is 3.01. The van der Waals surface area contributed by atoms with E-state index in [1.54, 1.807) is 0 Å². The standard InChI is InChI=1S/C14H25N5O/c1-6-16-11-7-12(18-13(17-11)9(2)3)19-14(4,5)8-10(15)20/h7,9H,6,8H2,1-5H3,(H2,15,20)(H2,16,17,18,19). The average Bonchev–Trinajstić information content (AvgIpc) is 2.26. The van der Waals surface area contributed by atoms with Crippen molar-refractivity contribution in [3.63, 3.8) is 0 Å². The zero-order valence-electron chi connectivity index (χ0n) is 12.9. The second-order valence-corrected chi connectivity index (χ2v) is 5.83. The van der Waals surface area contributed by atoms with Crippen molar-refractivity contribution in [1.82, 2.24) is 9.97 Å². The van der Waals surface area contributed by atoms with Gasteiger partial charge in [-0.05, 0) is 20.8 Å². The molecule has 0 aliphatic heterocycles. The van der Waals surface area contributed by atoms with E-state index in [1.807, 2.05) is 40.7 Å². The lowest BCUT2D eigenvalue weighted by Crippen LogP contribution is -2.36. The fraction of sp³-hybridized carbons (Fsp3) is 0.643. The molecule has 1 heterocycles. The second kappa shape index (κ2) is 6.54. The number of carbonyl (C=O) groups excluding carboxylic acids is 1. The smallest absolute Gasteiger partial charge is 0.219 e. The fourth-order valence-corrected chi connectivity index (χ4v) is 1.89. The molecule has 1 aromatic rings. The van der Waals surface area contributed by atoms with Crippen molar-refractivity contribution in [3.8, 4) is 0 Å². The molecule has 1 aromatic heterocycles. The largest absolute Gasteiger partial charge is 0.370 e. The summed E-state index contributed by atoms with van der Waals surface area (Å²) in [6.07, 6.45) is 0.241. The highest BCUT2D eigenvalue weighted by Crippen LogP contribution is 2.21. The van der Waals surface area contributed by atoms with Gasteiger partial charge in [0.05, 0.1) is 0 Å². The normalized spacial score (nSPS) is 11.5. The lowest BCUT2D eigenvalue weighted by atomic mass is 10.0. The summed E-state index contributed by atoms with van der Waals surface area (Å²) in [5.41, 5.74) is 4.82. The second-order valence-electron chi connectivity index (χ2n) is 5.83. The number of aromatic nitrogens is 2. The molecule has 112 valence electrons. The number of nitrogens with one attached hydrogen (secondary N) is 2. The number of anilines is 2. The van der Waals surface area contributed by atoms with E-state index >= 15 is 0 Å². The number of nitrogens with two attached hydrogens (primary N) is 1. The lowest BCUT2D eigenvalue weighted by molar-refractivity contribution is -0.118. The molecule has 0 saturated heterocycles. The number of primary amides is 1. The molecule has 6 nitrogen and oxygen atoms in total. The molecule has 0 saturated carbocycles. The van der Waals surface area contributed by atoms with Crippen molar-refractivity contribution in [2.45, 2.75) is 52.5 Å². The first-order valence-electron chi connectivity index (χ1n) is 6.93. The van der Waals surface area contributed by atoms with Crippen LogP contribution in [0.25, 0.3) is 0 Å². The van der Waals surface area contributed by atoms with Gasteiger partial charge in [0.25, 0.3) is 0 Å². The summed E-state index contributed by atoms with van der Waals surface area (Å²) in [6, 6.07) is 1.85. The van der Waals surface area contributed by atoms with Gasteiger partial charge in [0.2, 0.25) is 5.91 Å². The highest BCUT2D eigenvalue weighted by molar-refractivity contribution is 5.75. The third kappa shape index (κ3) is 5.03. The van der Waals surface area contributed by atoms with Crippen LogP contribution in [-0.2, 0) is 4.79 Å². The highest BCUT2D eigenvalue weighted by atomic mass is 16.1. The first-order chi connectivity index (χ1) is 9.23. The minimum Gasteiger partial charge on any atom is -0.370 e. The summed E-state index contributed by atoms with van der Waals surface area (Å²) in [6.45, 7) is 10.7. The first kappa shape index (κ1) is 16.2. The lowest BCUT2D eigenvalue weighted by Gasteiger charge is -2.26. The first-order valence-corrected chi connectivity index (χ1v) is 6.93. The summed E-state index contributed by atoms with van der Waals surface area (Å²) >= 11 is 0. The maximum Gasteiger partial charge on any atom is 0.219 e. The Hall–Kier alpha value is -1.85. The highest BCUT2D eigenvalue weighted by Gasteiger charge is 2.21. The topological polar surface area (TPSA) is 92.9 Å². The van der Waals surface area contributed by atoms with E-state index in [2.05, 4.69) is 20.6 Å². The van der Waals surface area contributed by atoms with E-state index in [4.69, 9.17) is 5.73 Å². The van der Waals surface area contributed by atoms with Gasteiger partial charge in [-0.25, -0.2) is 9.97 Å². The summed E-state index contributed by atoms with van der Waals surface area (Å²) in [4.78, 5) is 20.0. The van der Waals surface area contributed by atoms with Crippen LogP contribution in [0.1, 0.15) is 52.8 Å². The summed E-state index contributed by atoms with van der Waals surface area (Å²) < 4.78 is 0. The van der Waals surface area contributed by atoms with Crippen molar-refractivity contribution in [2.75, 3.05) is 17.2 Å². The zero-order valence-corrected chi connectivity index (χ0v) is 12.9. The van der Waals surface area contributed by atoms with Crippen molar-refractivity contribution in [3.05, 3.63) is 11.9 Å². The molecule has 0 aliphatic carbocycles. The number of rotatable bonds is 7. The Bertz CT molecular complexity index is 471. The van der Waals surface area contributed by atoms with Gasteiger partial charge in [0.1, 0.15) is 17.5 Å². The number of amides is 1. The maximum atomic E-state index is 11.1. The van der Waals surface area contributed by atoms with Gasteiger partial charge in [0, 0.05) is 30.5 Å². The Morgan fingerprint density at radius 3 is 2.45 bits per heavy atom. The van der Waals surface area contributed by atoms with Crippen LogP contribution < -0.4 is 16.4 Å². The van der Waals surface area contributed by atoms with Gasteiger partial charge in [-0.15, -0.1) is 0 Å². The molecule has 0 radical (unpaired) electrons. The van der Waals surface area contributed by atoms with E-state index in [0.717, 1.165) is 18.2 Å². The molecule has 0 bridgehead atoms. The van der Waals surface area contributed by atoms with E-state index < -0.39 is 5.54 Å². The Morgan fingerprint density at radius 2 is 1.95 bits per heavy atom. The molecule has 0 fully saturated rings. The van der Waals surface area contributed by atoms with Gasteiger partial charge < -0.3 is 16.4 Å². The SMILES string of the molecule is CCNc1cc(NC(C)(C)CC(N)=O)nc(C(C)C)n1. The zero-order chi connectivity index (χ0) is 15.3. The molecular weight excluding hydrogens is 254 g/mol. The van der Waals surface area contributed by atoms with Gasteiger partial charge >= 0.3 is 0 Å². The molecule has 0 aromatic carbocycles. The molecule has 20 heavy (non-hydrogen) atoms. The third-order valence-corrected chi connectivity index (χ3v) is 2.70. The van der Waals surface area contributed by atoms with E-state index in [0.29, 0.717) is 5.82 Å². The maximum absolute atomic E-state index is 11.1. The van der Waals surface area contributed by atoms with E-state index in [-0.39, 0.29) is 18.2 Å². The summed E-state index contributed by atoms with van der Waals surface area (Å²) in [5, 5.41) is 6.44. The number of hydrogen-bond donors (Lipinski definition) is 3. The number of nitrogens with zero attached hydrogens (tertiary/aromatic N) is 2. The summed E-state index contributed by atoms with van der Waals surface area (Å²) in [5.74, 6) is 2.14. The van der Waals surface area contributed by atoms with Crippen LogP contribution in [-0.4, -0.2) is 28.0 Å². The molecule has 1 rings (SSSR count). The van der Waals surface area contributed by atoms with Crippen molar-refractivity contribution in [1.29, 1.82) is 0 Å². The fourth-order valence-electron chi connectivity index (χ4n) is 1.89. The van der Waals surface area contributed by atoms with Crippen LogP contribution in [0.2, 0.25) is 0 Å². The molecule has 0 atom stereocenters. The van der Waals surface area contributed by atoms with E-state index in [1.165, 1.54) is 0 Å². The molecular formula is C14H25N5O. The monoisotopic (exact) mass is 279 g/mol. The Kier molecular flexibility index (Phi) is 5.30. The quantitative estimate of drug-likeness (QED) is 0.710. The molecule has 0 aliphatic rings. The molecule has 0 unspecified atom stereocenters. The average molecular weight is 279 g/mol. The molecule has 6 heteroatoms. The predicted octanol–water partition coefficient (Wildman–Crippen LogP) is 2.10. The third-order valence-electron chi connectivity index (χ3n) is 2.70. The summed E-state index contributed by atoms with van der Waals surface area (Å²) in [7, 11) is 0. The van der Waals surface area contributed by atoms with Crippen LogP contribution >= 0.6 is 0 Å². The van der Waals surface area contributed by atoms with Crippen LogP contribution in [0.4, 0.5) is 11.6 Å². The minimum atomic E-state index is -0.447. The van der Waals surface area contributed by atoms with Crippen LogP contribution in [0.3, 0.4) is 0 Å². The van der Waals surface area contributed by atoms with Gasteiger partial charge in [-0.1, -0.05) is 13.8 Å². The van der Waals surface area contributed by atoms with Crippen LogP contribution in [0.5, 0.6) is 0 Å². The minimum absolute atomic E-state index is 0.230. The van der Waals surface area contributed by atoms with Crippen LogP contribution in [0.15, 0.2) is 6.07 Å². The number of hydrogen-bond acceptors (Lipinski definition) is 5. The van der Waals surface area contributed by atoms with E-state index in [9.17, 15) is 4.79 Å². The van der Waals surface area contributed by atoms with Crippen molar-refractivity contribution < 1.29 is 4.79 Å². The number of carbonyl (C=O) groups is 1. The van der Waals surface area contributed by atoms with Crippen molar-refractivity contribution >= 4 is 17.5 Å². The molecule has 1 amide bonds.